The lowest BCUT2D eigenvalue weighted by atomic mass is 10.0. The van der Waals surface area contributed by atoms with E-state index >= 15 is 0 Å². The Morgan fingerprint density at radius 3 is 2.55 bits per heavy atom. The average molecular weight is 461 g/mol. The zero-order valence-corrected chi connectivity index (χ0v) is 17.8. The lowest BCUT2D eigenvalue weighted by Crippen LogP contribution is -2.24. The van der Waals surface area contributed by atoms with Crippen molar-refractivity contribution in [3.05, 3.63) is 74.5 Å². The molecular weight excluding hydrogens is 444 g/mol. The molecule has 1 aromatic carbocycles. The van der Waals surface area contributed by atoms with Crippen LogP contribution in [-0.2, 0) is 14.3 Å². The molecule has 8 nitrogen and oxygen atoms in total. The molecule has 31 heavy (non-hydrogen) atoms. The average Bonchev–Trinajstić information content (AvgIpc) is 3.16. The predicted molar refractivity (Wildman–Crippen MR) is 117 cm³/mol. The van der Waals surface area contributed by atoms with Crippen molar-refractivity contribution in [2.24, 2.45) is 0 Å². The highest BCUT2D eigenvalue weighted by Crippen LogP contribution is 2.39. The van der Waals surface area contributed by atoms with Crippen molar-refractivity contribution in [1.29, 1.82) is 0 Å². The van der Waals surface area contributed by atoms with E-state index in [-0.39, 0.29) is 22.7 Å². The monoisotopic (exact) mass is 460 g/mol. The van der Waals surface area contributed by atoms with E-state index in [1.54, 1.807) is 36.6 Å². The number of anilines is 1. The first-order chi connectivity index (χ1) is 14.9. The van der Waals surface area contributed by atoms with Crippen molar-refractivity contribution in [3.63, 3.8) is 0 Å². The molecule has 0 radical (unpaired) electrons. The van der Waals surface area contributed by atoms with Gasteiger partial charge in [0.2, 0.25) is 0 Å². The zero-order valence-electron chi connectivity index (χ0n) is 16.3. The Bertz CT molecular complexity index is 1190. The number of nitrogens with one attached hydrogen (secondary N) is 2. The molecule has 3 rings (SSSR count). The lowest BCUT2D eigenvalue weighted by Gasteiger charge is -2.10. The van der Waals surface area contributed by atoms with Crippen LogP contribution in [0.3, 0.4) is 0 Å². The van der Waals surface area contributed by atoms with Crippen molar-refractivity contribution in [3.8, 4) is 11.1 Å². The third-order valence-corrected chi connectivity index (χ3v) is 5.29. The van der Waals surface area contributed by atoms with Crippen LogP contribution in [0.25, 0.3) is 11.1 Å². The molecule has 0 aliphatic rings. The number of aromatic amines is 1. The van der Waals surface area contributed by atoms with Crippen molar-refractivity contribution >= 4 is 45.8 Å². The molecule has 160 valence electrons. The first-order valence-corrected chi connectivity index (χ1v) is 10.4. The Hall–Kier alpha value is -3.43. The number of halogens is 1. The lowest BCUT2D eigenvalue weighted by molar-refractivity contribution is -0.119. The van der Waals surface area contributed by atoms with Crippen molar-refractivity contribution in [1.82, 2.24) is 4.98 Å². The first kappa shape index (κ1) is 22.3. The van der Waals surface area contributed by atoms with Gasteiger partial charge in [-0.3, -0.25) is 9.59 Å². The maximum absolute atomic E-state index is 12.6. The fourth-order valence-corrected chi connectivity index (χ4v) is 3.89. The Kier molecular flexibility index (Phi) is 7.22. The molecule has 2 heterocycles. The second kappa shape index (κ2) is 10.1. The summed E-state index contributed by atoms with van der Waals surface area (Å²) in [7, 11) is 0. The van der Waals surface area contributed by atoms with E-state index in [0.29, 0.717) is 16.1 Å². The number of hydrogen-bond donors (Lipinski definition) is 2. The van der Waals surface area contributed by atoms with Crippen molar-refractivity contribution < 1.29 is 23.9 Å². The highest BCUT2D eigenvalue weighted by molar-refractivity contribution is 7.15. The standard InChI is InChI=1S/C21H17ClN2O6S/c1-2-29-21(28)17-14(12-6-3-4-8-15(12)22)11-31-19(17)24-16(25)10-30-20(27)13-7-5-9-23-18(13)26/h3-9,11H,2,10H2,1H3,(H,23,26)(H,24,25). The topological polar surface area (TPSA) is 115 Å². The van der Waals surface area contributed by atoms with Gasteiger partial charge in [0.25, 0.3) is 11.5 Å². The van der Waals surface area contributed by atoms with E-state index in [2.05, 4.69) is 10.3 Å². The van der Waals surface area contributed by atoms with Crippen LogP contribution in [0.5, 0.6) is 0 Å². The molecule has 1 amide bonds. The van der Waals surface area contributed by atoms with Gasteiger partial charge < -0.3 is 19.8 Å². The number of carbonyl (C=O) groups is 3. The normalized spacial score (nSPS) is 10.4. The van der Waals surface area contributed by atoms with Gasteiger partial charge in [-0.15, -0.1) is 11.3 Å². The quantitative estimate of drug-likeness (QED) is 0.519. The maximum atomic E-state index is 12.6. The molecule has 0 saturated heterocycles. The molecule has 0 unspecified atom stereocenters. The number of carbonyl (C=O) groups excluding carboxylic acids is 3. The minimum Gasteiger partial charge on any atom is -0.462 e. The summed E-state index contributed by atoms with van der Waals surface area (Å²) in [4.78, 5) is 50.9. The SMILES string of the molecule is CCOC(=O)c1c(-c2ccccc2Cl)csc1NC(=O)COC(=O)c1ccc[nH]c1=O. The summed E-state index contributed by atoms with van der Waals surface area (Å²) in [5.41, 5.74) is 0.426. The summed E-state index contributed by atoms with van der Waals surface area (Å²) in [5.74, 6) is -2.24. The first-order valence-electron chi connectivity index (χ1n) is 9.10. The van der Waals surface area contributed by atoms with Gasteiger partial charge in [-0.1, -0.05) is 29.8 Å². The largest absolute Gasteiger partial charge is 0.462 e. The van der Waals surface area contributed by atoms with Gasteiger partial charge in [0.05, 0.1) is 6.61 Å². The van der Waals surface area contributed by atoms with Gasteiger partial charge >= 0.3 is 11.9 Å². The molecule has 0 saturated carbocycles. The van der Waals surface area contributed by atoms with Crippen molar-refractivity contribution in [2.75, 3.05) is 18.5 Å². The Labute approximate surface area is 185 Å². The number of pyridine rings is 1. The molecule has 2 N–H and O–H groups in total. The number of hydrogen-bond acceptors (Lipinski definition) is 7. The highest BCUT2D eigenvalue weighted by atomic mass is 35.5. The van der Waals surface area contributed by atoms with Crippen LogP contribution in [0, 0.1) is 0 Å². The summed E-state index contributed by atoms with van der Waals surface area (Å²) >= 11 is 7.37. The van der Waals surface area contributed by atoms with Crippen LogP contribution in [0.1, 0.15) is 27.6 Å². The van der Waals surface area contributed by atoms with Crippen LogP contribution in [0.15, 0.2) is 52.8 Å². The summed E-state index contributed by atoms with van der Waals surface area (Å²) in [6.45, 7) is 1.17. The molecule has 0 aliphatic heterocycles. The van der Waals surface area contributed by atoms with E-state index in [4.69, 9.17) is 21.1 Å². The van der Waals surface area contributed by atoms with E-state index < -0.39 is 30.0 Å². The molecule has 2 aromatic heterocycles. The summed E-state index contributed by atoms with van der Waals surface area (Å²) in [5, 5.41) is 4.90. The Balaban J connectivity index is 1.79. The predicted octanol–water partition coefficient (Wildman–Crippen LogP) is 3.73. The number of H-pyrrole nitrogens is 1. The van der Waals surface area contributed by atoms with E-state index in [0.717, 1.165) is 11.3 Å². The second-order valence-corrected chi connectivity index (χ2v) is 7.38. The van der Waals surface area contributed by atoms with Gasteiger partial charge in [0, 0.05) is 27.7 Å². The third-order valence-electron chi connectivity index (χ3n) is 4.06. The van der Waals surface area contributed by atoms with Gasteiger partial charge in [0.15, 0.2) is 6.61 Å². The Morgan fingerprint density at radius 1 is 1.06 bits per heavy atom. The number of thiophene rings is 1. The van der Waals surface area contributed by atoms with Crippen molar-refractivity contribution in [2.45, 2.75) is 6.92 Å². The number of rotatable bonds is 7. The number of aromatic nitrogens is 1. The maximum Gasteiger partial charge on any atom is 0.344 e. The fraction of sp³-hybridized carbons (Fsp3) is 0.143. The molecular formula is C21H17ClN2O6S. The number of amides is 1. The smallest absolute Gasteiger partial charge is 0.344 e. The van der Waals surface area contributed by atoms with Crippen LogP contribution in [-0.4, -0.2) is 36.0 Å². The van der Waals surface area contributed by atoms with E-state index in [9.17, 15) is 19.2 Å². The minimum absolute atomic E-state index is 0.146. The van der Waals surface area contributed by atoms with Crippen LogP contribution < -0.4 is 10.9 Å². The summed E-state index contributed by atoms with van der Waals surface area (Å²) < 4.78 is 10.0. The van der Waals surface area contributed by atoms with Crippen LogP contribution in [0.4, 0.5) is 5.00 Å². The van der Waals surface area contributed by atoms with Crippen LogP contribution in [0.2, 0.25) is 5.02 Å². The van der Waals surface area contributed by atoms with Crippen LogP contribution >= 0.6 is 22.9 Å². The second-order valence-electron chi connectivity index (χ2n) is 6.09. The van der Waals surface area contributed by atoms with Gasteiger partial charge in [-0.05, 0) is 25.1 Å². The molecule has 0 fully saturated rings. The molecule has 0 atom stereocenters. The van der Waals surface area contributed by atoms with E-state index in [1.165, 1.54) is 18.3 Å². The summed E-state index contributed by atoms with van der Waals surface area (Å²) in [6, 6.07) is 9.72. The molecule has 0 spiro atoms. The molecule has 0 bridgehead atoms. The van der Waals surface area contributed by atoms with Gasteiger partial charge in [-0.25, -0.2) is 9.59 Å². The number of benzene rings is 1. The minimum atomic E-state index is -0.939. The number of esters is 2. The zero-order chi connectivity index (χ0) is 22.4. The fourth-order valence-electron chi connectivity index (χ4n) is 2.69. The van der Waals surface area contributed by atoms with Gasteiger partial charge in [-0.2, -0.15) is 0 Å². The highest BCUT2D eigenvalue weighted by Gasteiger charge is 2.24. The molecule has 3 aromatic rings. The Morgan fingerprint density at radius 2 is 1.84 bits per heavy atom. The van der Waals surface area contributed by atoms with E-state index in [1.807, 2.05) is 0 Å². The molecule has 10 heteroatoms. The number of ether oxygens (including phenoxy) is 2. The third kappa shape index (κ3) is 5.19. The van der Waals surface area contributed by atoms with Gasteiger partial charge in [0.1, 0.15) is 16.1 Å². The summed E-state index contributed by atoms with van der Waals surface area (Å²) in [6.07, 6.45) is 1.37. The molecule has 0 aliphatic carbocycles.